The number of aromatic nitrogens is 2. The molecule has 1 heterocycles. The van der Waals surface area contributed by atoms with Gasteiger partial charge >= 0.3 is 0 Å². The molecule has 0 unspecified atom stereocenters. The average molecular weight is 279 g/mol. The fraction of sp³-hybridized carbons (Fsp3) is 0.231. The number of carbonyl (C=O) groups is 1. The summed E-state index contributed by atoms with van der Waals surface area (Å²) in [5.41, 5.74) is 1.34. The summed E-state index contributed by atoms with van der Waals surface area (Å²) in [7, 11) is 1.87. The second kappa shape index (κ2) is 5.88. The van der Waals surface area contributed by atoms with Crippen molar-refractivity contribution < 1.29 is 9.18 Å². The molecule has 0 fully saturated rings. The van der Waals surface area contributed by atoms with Crippen LogP contribution in [0.4, 0.5) is 10.1 Å². The van der Waals surface area contributed by atoms with Gasteiger partial charge in [0.25, 0.3) is 0 Å². The first-order valence-corrected chi connectivity index (χ1v) is 6.71. The first-order chi connectivity index (χ1) is 9.06. The van der Waals surface area contributed by atoms with Gasteiger partial charge in [0.05, 0.1) is 5.75 Å². The molecule has 2 rings (SSSR count). The Bertz CT molecular complexity index is 597. The molecule has 4 nitrogen and oxygen atoms in total. The second-order valence-electron chi connectivity index (χ2n) is 4.12. The van der Waals surface area contributed by atoms with Gasteiger partial charge < -0.3 is 9.88 Å². The molecular formula is C13H14FN3OS. The molecule has 19 heavy (non-hydrogen) atoms. The smallest absolute Gasteiger partial charge is 0.234 e. The van der Waals surface area contributed by atoms with E-state index in [0.717, 1.165) is 10.7 Å². The summed E-state index contributed by atoms with van der Waals surface area (Å²) in [6, 6.07) is 4.32. The Morgan fingerprint density at radius 2 is 2.32 bits per heavy atom. The highest BCUT2D eigenvalue weighted by Gasteiger charge is 2.08. The highest BCUT2D eigenvalue weighted by molar-refractivity contribution is 7.99. The van der Waals surface area contributed by atoms with Crippen LogP contribution < -0.4 is 5.32 Å². The Balaban J connectivity index is 1.94. The Morgan fingerprint density at radius 1 is 1.53 bits per heavy atom. The van der Waals surface area contributed by atoms with Crippen LogP contribution in [0.5, 0.6) is 0 Å². The fourth-order valence-corrected chi connectivity index (χ4v) is 2.27. The van der Waals surface area contributed by atoms with E-state index in [2.05, 4.69) is 10.3 Å². The fourth-order valence-electron chi connectivity index (χ4n) is 1.54. The van der Waals surface area contributed by atoms with E-state index < -0.39 is 0 Å². The number of imidazole rings is 1. The Labute approximate surface area is 115 Å². The van der Waals surface area contributed by atoms with Crippen LogP contribution in [0.2, 0.25) is 0 Å². The maximum absolute atomic E-state index is 13.1. The average Bonchev–Trinajstić information content (AvgIpc) is 2.77. The number of thioether (sulfide) groups is 1. The zero-order chi connectivity index (χ0) is 13.8. The number of amides is 1. The highest BCUT2D eigenvalue weighted by atomic mass is 32.2. The van der Waals surface area contributed by atoms with Gasteiger partial charge in [0.15, 0.2) is 5.16 Å². The summed E-state index contributed by atoms with van der Waals surface area (Å²) in [5, 5.41) is 3.47. The first-order valence-electron chi connectivity index (χ1n) is 5.72. The van der Waals surface area contributed by atoms with Crippen molar-refractivity contribution in [1.82, 2.24) is 9.55 Å². The van der Waals surface area contributed by atoms with Crippen LogP contribution in [0.25, 0.3) is 0 Å². The standard InChI is InChI=1S/C13H14FN3OS/c1-9-3-4-10(14)7-11(9)16-12(18)8-19-13-15-5-6-17(13)2/h3-7H,8H2,1-2H3,(H,16,18). The lowest BCUT2D eigenvalue weighted by Crippen LogP contribution is -2.15. The van der Waals surface area contributed by atoms with Crippen LogP contribution in [-0.2, 0) is 11.8 Å². The van der Waals surface area contributed by atoms with Gasteiger partial charge in [0, 0.05) is 25.1 Å². The van der Waals surface area contributed by atoms with Crippen LogP contribution in [0.15, 0.2) is 35.7 Å². The molecule has 2 aromatic rings. The molecule has 1 aromatic carbocycles. The Morgan fingerprint density at radius 3 is 3.00 bits per heavy atom. The van der Waals surface area contributed by atoms with Crippen molar-refractivity contribution in [3.63, 3.8) is 0 Å². The zero-order valence-electron chi connectivity index (χ0n) is 10.7. The molecule has 0 radical (unpaired) electrons. The number of nitrogens with zero attached hydrogens (tertiary/aromatic N) is 2. The quantitative estimate of drug-likeness (QED) is 0.875. The lowest BCUT2D eigenvalue weighted by atomic mass is 10.2. The van der Waals surface area contributed by atoms with Gasteiger partial charge in [-0.2, -0.15) is 0 Å². The molecule has 0 bridgehead atoms. The lowest BCUT2D eigenvalue weighted by Gasteiger charge is -2.08. The number of carbonyl (C=O) groups excluding carboxylic acids is 1. The number of hydrogen-bond donors (Lipinski definition) is 1. The number of benzene rings is 1. The predicted octanol–water partition coefficient (Wildman–Crippen LogP) is 2.60. The molecule has 0 saturated heterocycles. The summed E-state index contributed by atoms with van der Waals surface area (Å²) in [5.74, 6) is -0.305. The highest BCUT2D eigenvalue weighted by Crippen LogP contribution is 2.18. The Kier molecular flexibility index (Phi) is 4.21. The minimum Gasteiger partial charge on any atom is -0.329 e. The van der Waals surface area contributed by atoms with E-state index >= 15 is 0 Å². The van der Waals surface area contributed by atoms with E-state index in [9.17, 15) is 9.18 Å². The van der Waals surface area contributed by atoms with E-state index in [0.29, 0.717) is 5.69 Å². The minimum atomic E-state index is -0.363. The van der Waals surface area contributed by atoms with Crippen molar-refractivity contribution in [1.29, 1.82) is 0 Å². The minimum absolute atomic E-state index is 0.179. The maximum atomic E-state index is 13.1. The van der Waals surface area contributed by atoms with Crippen molar-refractivity contribution in [3.8, 4) is 0 Å². The van der Waals surface area contributed by atoms with Gasteiger partial charge in [-0.15, -0.1) is 0 Å². The summed E-state index contributed by atoms with van der Waals surface area (Å²) in [6.07, 6.45) is 3.49. The molecule has 0 aliphatic rings. The van der Waals surface area contributed by atoms with Gasteiger partial charge in [0.2, 0.25) is 5.91 Å². The second-order valence-corrected chi connectivity index (χ2v) is 5.06. The molecule has 0 atom stereocenters. The molecule has 1 amide bonds. The topological polar surface area (TPSA) is 46.9 Å². The molecule has 0 saturated carbocycles. The summed E-state index contributed by atoms with van der Waals surface area (Å²) in [6.45, 7) is 1.82. The largest absolute Gasteiger partial charge is 0.329 e. The summed E-state index contributed by atoms with van der Waals surface area (Å²) in [4.78, 5) is 15.9. The SMILES string of the molecule is Cc1ccc(F)cc1NC(=O)CSc1nccn1C. The molecule has 0 spiro atoms. The van der Waals surface area contributed by atoms with E-state index in [1.807, 2.05) is 24.7 Å². The van der Waals surface area contributed by atoms with Crippen LogP contribution in [0, 0.1) is 12.7 Å². The van der Waals surface area contributed by atoms with Gasteiger partial charge in [0.1, 0.15) is 5.82 Å². The van der Waals surface area contributed by atoms with Crippen molar-refractivity contribution >= 4 is 23.4 Å². The number of halogens is 1. The lowest BCUT2D eigenvalue weighted by molar-refractivity contribution is -0.113. The molecule has 1 aromatic heterocycles. The van der Waals surface area contributed by atoms with Gasteiger partial charge in [-0.25, -0.2) is 9.37 Å². The van der Waals surface area contributed by atoms with Gasteiger partial charge in [-0.1, -0.05) is 17.8 Å². The normalized spacial score (nSPS) is 10.5. The Hall–Kier alpha value is -1.82. The van der Waals surface area contributed by atoms with Crippen molar-refractivity contribution in [2.45, 2.75) is 12.1 Å². The van der Waals surface area contributed by atoms with Crippen molar-refractivity contribution in [2.75, 3.05) is 11.1 Å². The monoisotopic (exact) mass is 279 g/mol. The first kappa shape index (κ1) is 13.6. The van der Waals surface area contributed by atoms with Crippen molar-refractivity contribution in [2.24, 2.45) is 7.05 Å². The van der Waals surface area contributed by atoms with Crippen LogP contribution in [-0.4, -0.2) is 21.2 Å². The van der Waals surface area contributed by atoms with Gasteiger partial charge in [-0.3, -0.25) is 4.79 Å². The van der Waals surface area contributed by atoms with Crippen LogP contribution >= 0.6 is 11.8 Å². The van der Waals surface area contributed by atoms with Crippen molar-refractivity contribution in [3.05, 3.63) is 42.0 Å². The predicted molar refractivity (Wildman–Crippen MR) is 73.7 cm³/mol. The molecule has 1 N–H and O–H groups in total. The molecular weight excluding hydrogens is 265 g/mol. The van der Waals surface area contributed by atoms with E-state index in [1.165, 1.54) is 23.9 Å². The van der Waals surface area contributed by atoms with Gasteiger partial charge in [-0.05, 0) is 24.6 Å². The number of aryl methyl sites for hydroxylation is 2. The molecule has 6 heteroatoms. The van der Waals surface area contributed by atoms with Crippen LogP contribution in [0.1, 0.15) is 5.56 Å². The van der Waals surface area contributed by atoms with E-state index in [4.69, 9.17) is 0 Å². The molecule has 0 aliphatic carbocycles. The molecule has 100 valence electrons. The summed E-state index contributed by atoms with van der Waals surface area (Å²) >= 11 is 1.34. The van der Waals surface area contributed by atoms with E-state index in [1.54, 1.807) is 12.3 Å². The third-order valence-corrected chi connectivity index (χ3v) is 3.64. The number of anilines is 1. The number of hydrogen-bond acceptors (Lipinski definition) is 3. The number of nitrogens with one attached hydrogen (secondary N) is 1. The number of rotatable bonds is 4. The third-order valence-electron chi connectivity index (χ3n) is 2.58. The third kappa shape index (κ3) is 3.57. The zero-order valence-corrected chi connectivity index (χ0v) is 11.5. The van der Waals surface area contributed by atoms with Crippen LogP contribution in [0.3, 0.4) is 0 Å². The van der Waals surface area contributed by atoms with E-state index in [-0.39, 0.29) is 17.5 Å². The molecule has 0 aliphatic heterocycles. The maximum Gasteiger partial charge on any atom is 0.234 e. The summed E-state index contributed by atoms with van der Waals surface area (Å²) < 4.78 is 14.9.